The molecule has 0 radical (unpaired) electrons. The van der Waals surface area contributed by atoms with Crippen molar-refractivity contribution >= 4 is 5.69 Å². The number of nitrogens with zero attached hydrogens (tertiary/aromatic N) is 2. The van der Waals surface area contributed by atoms with Gasteiger partial charge in [0.05, 0.1) is 0 Å². The molecule has 1 unspecified atom stereocenters. The van der Waals surface area contributed by atoms with Crippen molar-refractivity contribution in [3.8, 4) is 0 Å². The number of rotatable bonds is 2. The highest BCUT2D eigenvalue weighted by Crippen LogP contribution is 2.22. The average Bonchev–Trinajstić information content (AvgIpc) is 2.32. The van der Waals surface area contributed by atoms with Crippen LogP contribution in [-0.4, -0.2) is 37.6 Å². The Kier molecular flexibility index (Phi) is 3.46. The highest BCUT2D eigenvalue weighted by Gasteiger charge is 2.21. The largest absolute Gasteiger partial charge is 0.368 e. The second-order valence-electron chi connectivity index (χ2n) is 4.61. The van der Waals surface area contributed by atoms with Crippen molar-refractivity contribution in [2.75, 3.05) is 31.6 Å². The summed E-state index contributed by atoms with van der Waals surface area (Å²) >= 11 is 0. The van der Waals surface area contributed by atoms with Crippen molar-refractivity contribution in [3.05, 3.63) is 29.8 Å². The molecule has 1 aliphatic heterocycles. The second kappa shape index (κ2) is 4.85. The molecule has 3 heteroatoms. The van der Waals surface area contributed by atoms with Crippen LogP contribution in [0.25, 0.3) is 0 Å². The van der Waals surface area contributed by atoms with E-state index in [-0.39, 0.29) is 0 Å². The maximum Gasteiger partial charge on any atom is 0.0412 e. The van der Waals surface area contributed by atoms with Crippen molar-refractivity contribution in [2.45, 2.75) is 19.5 Å². The molecule has 1 saturated heterocycles. The highest BCUT2D eigenvalue weighted by molar-refractivity contribution is 5.54. The van der Waals surface area contributed by atoms with E-state index in [9.17, 15) is 0 Å². The third-order valence-corrected chi connectivity index (χ3v) is 3.51. The Labute approximate surface area is 97.8 Å². The van der Waals surface area contributed by atoms with Crippen LogP contribution < -0.4 is 10.6 Å². The fraction of sp³-hybridized carbons (Fsp3) is 0.538. The van der Waals surface area contributed by atoms with Gasteiger partial charge in [0.25, 0.3) is 0 Å². The number of nitrogens with two attached hydrogens (primary N) is 1. The van der Waals surface area contributed by atoms with Gasteiger partial charge < -0.3 is 15.5 Å². The zero-order chi connectivity index (χ0) is 11.5. The third-order valence-electron chi connectivity index (χ3n) is 3.51. The molecule has 0 aliphatic carbocycles. The number of hydrogen-bond acceptors (Lipinski definition) is 3. The first kappa shape index (κ1) is 11.4. The van der Waals surface area contributed by atoms with Crippen LogP contribution in [0.1, 0.15) is 12.5 Å². The summed E-state index contributed by atoms with van der Waals surface area (Å²) in [4.78, 5) is 4.86. The molecule has 0 aromatic heterocycles. The van der Waals surface area contributed by atoms with Gasteiger partial charge in [-0.1, -0.05) is 18.2 Å². The third kappa shape index (κ3) is 2.20. The van der Waals surface area contributed by atoms with Crippen LogP contribution >= 0.6 is 0 Å². The zero-order valence-corrected chi connectivity index (χ0v) is 10.2. The van der Waals surface area contributed by atoms with Gasteiger partial charge in [0.2, 0.25) is 0 Å². The van der Waals surface area contributed by atoms with Crippen molar-refractivity contribution in [2.24, 2.45) is 5.73 Å². The Bertz CT molecular complexity index is 351. The quantitative estimate of drug-likeness (QED) is 0.813. The van der Waals surface area contributed by atoms with Crippen LogP contribution in [-0.2, 0) is 6.54 Å². The van der Waals surface area contributed by atoms with Crippen LogP contribution in [0.3, 0.4) is 0 Å². The topological polar surface area (TPSA) is 32.5 Å². The van der Waals surface area contributed by atoms with E-state index in [4.69, 9.17) is 5.73 Å². The number of piperazine rings is 1. The van der Waals surface area contributed by atoms with E-state index in [0.717, 1.165) is 19.6 Å². The standard InChI is InChI=1S/C13H21N3/c1-11-10-16(8-7-15(11)2)13-6-4-3-5-12(13)9-14/h3-6,11H,7-10,14H2,1-2H3. The van der Waals surface area contributed by atoms with E-state index >= 15 is 0 Å². The van der Waals surface area contributed by atoms with E-state index in [1.807, 2.05) is 0 Å². The number of anilines is 1. The molecular formula is C13H21N3. The molecule has 0 saturated carbocycles. The Morgan fingerprint density at radius 1 is 1.31 bits per heavy atom. The lowest BCUT2D eigenvalue weighted by Crippen LogP contribution is -2.50. The predicted molar refractivity (Wildman–Crippen MR) is 68.6 cm³/mol. The number of para-hydroxylation sites is 1. The molecule has 1 heterocycles. The van der Waals surface area contributed by atoms with Crippen molar-refractivity contribution in [1.82, 2.24) is 4.90 Å². The molecule has 0 spiro atoms. The normalized spacial score (nSPS) is 22.4. The molecule has 88 valence electrons. The Balaban J connectivity index is 2.18. The van der Waals surface area contributed by atoms with Gasteiger partial charge in [0, 0.05) is 37.9 Å². The van der Waals surface area contributed by atoms with Crippen molar-refractivity contribution < 1.29 is 0 Å². The van der Waals surface area contributed by atoms with Gasteiger partial charge in [-0.15, -0.1) is 0 Å². The molecule has 2 rings (SSSR count). The molecular weight excluding hydrogens is 198 g/mol. The van der Waals surface area contributed by atoms with Gasteiger partial charge in [-0.25, -0.2) is 0 Å². The Morgan fingerprint density at radius 3 is 2.75 bits per heavy atom. The van der Waals surface area contributed by atoms with E-state index in [1.54, 1.807) is 0 Å². The molecule has 0 bridgehead atoms. The number of benzene rings is 1. The summed E-state index contributed by atoms with van der Waals surface area (Å²) in [6.07, 6.45) is 0. The minimum atomic E-state index is 0.611. The van der Waals surface area contributed by atoms with E-state index in [2.05, 4.69) is 48.0 Å². The smallest absolute Gasteiger partial charge is 0.0412 e. The summed E-state index contributed by atoms with van der Waals surface area (Å²) < 4.78 is 0. The lowest BCUT2D eigenvalue weighted by atomic mass is 10.1. The van der Waals surface area contributed by atoms with Gasteiger partial charge in [-0.2, -0.15) is 0 Å². The van der Waals surface area contributed by atoms with Crippen LogP contribution in [0.5, 0.6) is 0 Å². The summed E-state index contributed by atoms with van der Waals surface area (Å²) in [5, 5.41) is 0. The van der Waals surface area contributed by atoms with Gasteiger partial charge in [-0.3, -0.25) is 0 Å². The summed E-state index contributed by atoms with van der Waals surface area (Å²) in [6, 6.07) is 9.07. The van der Waals surface area contributed by atoms with Crippen LogP contribution in [0.4, 0.5) is 5.69 Å². The first-order valence-corrected chi connectivity index (χ1v) is 5.95. The van der Waals surface area contributed by atoms with E-state index in [1.165, 1.54) is 11.3 Å². The highest BCUT2D eigenvalue weighted by atomic mass is 15.3. The lowest BCUT2D eigenvalue weighted by Gasteiger charge is -2.39. The van der Waals surface area contributed by atoms with Gasteiger partial charge >= 0.3 is 0 Å². The summed E-state index contributed by atoms with van der Waals surface area (Å²) in [7, 11) is 2.19. The molecule has 1 aromatic carbocycles. The SMILES string of the molecule is CC1CN(c2ccccc2CN)CCN1C. The molecule has 0 amide bonds. The predicted octanol–water partition coefficient (Wildman–Crippen LogP) is 1.29. The van der Waals surface area contributed by atoms with Crippen molar-refractivity contribution in [3.63, 3.8) is 0 Å². The fourth-order valence-electron chi connectivity index (χ4n) is 2.26. The molecule has 1 atom stereocenters. The molecule has 1 aromatic rings. The maximum absolute atomic E-state index is 5.78. The van der Waals surface area contributed by atoms with Crippen LogP contribution in [0.2, 0.25) is 0 Å². The molecule has 3 nitrogen and oxygen atoms in total. The minimum Gasteiger partial charge on any atom is -0.368 e. The molecule has 1 fully saturated rings. The summed E-state index contributed by atoms with van der Waals surface area (Å²) in [5.41, 5.74) is 8.34. The summed E-state index contributed by atoms with van der Waals surface area (Å²) in [5.74, 6) is 0. The maximum atomic E-state index is 5.78. The van der Waals surface area contributed by atoms with E-state index in [0.29, 0.717) is 12.6 Å². The molecule has 2 N–H and O–H groups in total. The van der Waals surface area contributed by atoms with Gasteiger partial charge in [0.15, 0.2) is 0 Å². The summed E-state index contributed by atoms with van der Waals surface area (Å²) in [6.45, 7) is 6.21. The molecule has 16 heavy (non-hydrogen) atoms. The number of hydrogen-bond donors (Lipinski definition) is 1. The Morgan fingerprint density at radius 2 is 2.06 bits per heavy atom. The van der Waals surface area contributed by atoms with Gasteiger partial charge in [0.1, 0.15) is 0 Å². The van der Waals surface area contributed by atoms with E-state index < -0.39 is 0 Å². The van der Waals surface area contributed by atoms with Crippen molar-refractivity contribution in [1.29, 1.82) is 0 Å². The average molecular weight is 219 g/mol. The van der Waals surface area contributed by atoms with Gasteiger partial charge in [-0.05, 0) is 25.6 Å². The minimum absolute atomic E-state index is 0.611. The fourth-order valence-corrected chi connectivity index (χ4v) is 2.26. The van der Waals surface area contributed by atoms with Crippen LogP contribution in [0, 0.1) is 0 Å². The monoisotopic (exact) mass is 219 g/mol. The number of likely N-dealkylation sites (N-methyl/N-ethyl adjacent to an activating group) is 1. The zero-order valence-electron chi connectivity index (χ0n) is 10.2. The first-order valence-electron chi connectivity index (χ1n) is 5.95. The Hall–Kier alpha value is -1.06. The first-order chi connectivity index (χ1) is 7.72. The lowest BCUT2D eigenvalue weighted by molar-refractivity contribution is 0.234. The van der Waals surface area contributed by atoms with Crippen LogP contribution in [0.15, 0.2) is 24.3 Å². The second-order valence-corrected chi connectivity index (χ2v) is 4.61. The molecule has 1 aliphatic rings.